The van der Waals surface area contributed by atoms with E-state index in [9.17, 15) is 18.5 Å². The molecule has 7 heteroatoms. The lowest BCUT2D eigenvalue weighted by Crippen LogP contribution is -2.12. The summed E-state index contributed by atoms with van der Waals surface area (Å²) >= 11 is 0. The van der Waals surface area contributed by atoms with Crippen molar-refractivity contribution in [3.63, 3.8) is 0 Å². The number of hydrogen-bond donors (Lipinski definition) is 0. The van der Waals surface area contributed by atoms with Crippen LogP contribution in [-0.4, -0.2) is 13.3 Å². The molecule has 3 rings (SSSR count). The fourth-order valence-electron chi connectivity index (χ4n) is 2.59. The van der Waals surface area contributed by atoms with Crippen LogP contribution in [0.2, 0.25) is 0 Å². The zero-order chi connectivity index (χ0) is 15.7. The van der Waals surface area contributed by atoms with Crippen molar-refractivity contribution in [3.8, 4) is 5.75 Å². The predicted molar refractivity (Wildman–Crippen MR) is 79.4 cm³/mol. The first-order chi connectivity index (χ1) is 10.5. The third-order valence-corrected chi connectivity index (χ3v) is 4.90. The molecule has 0 atom stereocenters. The molecule has 1 aliphatic rings. The lowest BCUT2D eigenvalue weighted by Gasteiger charge is -2.08. The number of rotatable bonds is 4. The van der Waals surface area contributed by atoms with Crippen molar-refractivity contribution in [1.82, 2.24) is 0 Å². The molecule has 6 nitrogen and oxygen atoms in total. The highest BCUT2D eigenvalue weighted by molar-refractivity contribution is 7.87. The van der Waals surface area contributed by atoms with Gasteiger partial charge in [0.2, 0.25) is 0 Å². The summed E-state index contributed by atoms with van der Waals surface area (Å²) in [6.45, 7) is 0. The van der Waals surface area contributed by atoms with Gasteiger partial charge in [-0.15, -0.1) is 0 Å². The third-order valence-electron chi connectivity index (χ3n) is 3.61. The van der Waals surface area contributed by atoms with Crippen LogP contribution in [0.1, 0.15) is 17.5 Å². The molecular formula is C15H13NO5S. The van der Waals surface area contributed by atoms with Gasteiger partial charge < -0.3 is 4.18 Å². The standard InChI is InChI=1S/C15H13NO5S/c17-16(18)14-6-1-2-7-15(14)22(19,20)21-13-9-8-11-4-3-5-12(11)10-13/h1-2,6-10H,3-5H2. The number of aryl methyl sites for hydroxylation is 2. The summed E-state index contributed by atoms with van der Waals surface area (Å²) in [4.78, 5) is 9.78. The van der Waals surface area contributed by atoms with Gasteiger partial charge in [-0.25, -0.2) is 0 Å². The van der Waals surface area contributed by atoms with Gasteiger partial charge in [-0.1, -0.05) is 18.2 Å². The number of benzene rings is 2. The highest BCUT2D eigenvalue weighted by Crippen LogP contribution is 2.30. The molecule has 0 radical (unpaired) electrons. The van der Waals surface area contributed by atoms with Gasteiger partial charge in [-0.05, 0) is 48.6 Å². The zero-order valence-corrected chi connectivity index (χ0v) is 12.4. The normalized spacial score (nSPS) is 13.6. The first-order valence-corrected chi connectivity index (χ1v) is 8.18. The van der Waals surface area contributed by atoms with Gasteiger partial charge in [0.1, 0.15) is 5.75 Å². The SMILES string of the molecule is O=[N+]([O-])c1ccccc1S(=O)(=O)Oc1ccc2c(c1)CCC2. The van der Waals surface area contributed by atoms with Gasteiger partial charge in [-0.2, -0.15) is 8.42 Å². The number of nitrogens with zero attached hydrogens (tertiary/aromatic N) is 1. The molecule has 0 fully saturated rings. The van der Waals surface area contributed by atoms with E-state index in [4.69, 9.17) is 4.18 Å². The van der Waals surface area contributed by atoms with Gasteiger partial charge in [0.25, 0.3) is 5.69 Å². The summed E-state index contributed by atoms with van der Waals surface area (Å²) in [5, 5.41) is 11.0. The highest BCUT2D eigenvalue weighted by Gasteiger charge is 2.27. The maximum atomic E-state index is 12.3. The van der Waals surface area contributed by atoms with E-state index in [-0.39, 0.29) is 5.75 Å². The van der Waals surface area contributed by atoms with Gasteiger partial charge in [0.15, 0.2) is 4.90 Å². The van der Waals surface area contributed by atoms with Crippen molar-refractivity contribution in [3.05, 3.63) is 63.7 Å². The average molecular weight is 319 g/mol. The van der Waals surface area contributed by atoms with Crippen molar-refractivity contribution in [1.29, 1.82) is 0 Å². The zero-order valence-electron chi connectivity index (χ0n) is 11.6. The largest absolute Gasteiger partial charge is 0.379 e. The maximum absolute atomic E-state index is 12.3. The Morgan fingerprint density at radius 2 is 1.77 bits per heavy atom. The predicted octanol–water partition coefficient (Wildman–Crippen LogP) is 2.85. The minimum atomic E-state index is -4.25. The average Bonchev–Trinajstić information content (AvgIpc) is 2.94. The third kappa shape index (κ3) is 2.67. The molecule has 2 aromatic rings. The van der Waals surface area contributed by atoms with Crippen molar-refractivity contribution in [2.45, 2.75) is 24.2 Å². The Balaban J connectivity index is 1.96. The molecule has 1 aliphatic carbocycles. The van der Waals surface area contributed by atoms with E-state index >= 15 is 0 Å². The van der Waals surface area contributed by atoms with E-state index in [0.29, 0.717) is 0 Å². The summed E-state index contributed by atoms with van der Waals surface area (Å²) in [6.07, 6.45) is 2.90. The number of nitro benzene ring substituents is 1. The first-order valence-electron chi connectivity index (χ1n) is 6.77. The van der Waals surface area contributed by atoms with Crippen molar-refractivity contribution < 1.29 is 17.5 Å². The van der Waals surface area contributed by atoms with Crippen LogP contribution in [0.25, 0.3) is 0 Å². The molecule has 22 heavy (non-hydrogen) atoms. The van der Waals surface area contributed by atoms with Crippen LogP contribution in [0.5, 0.6) is 5.75 Å². The Hall–Kier alpha value is -2.41. The molecule has 2 aromatic carbocycles. The van der Waals surface area contributed by atoms with Crippen molar-refractivity contribution >= 4 is 15.8 Å². The van der Waals surface area contributed by atoms with E-state index in [2.05, 4.69) is 0 Å². The number of hydrogen-bond acceptors (Lipinski definition) is 5. The summed E-state index contributed by atoms with van der Waals surface area (Å²) in [7, 11) is -4.25. The van der Waals surface area contributed by atoms with Crippen LogP contribution in [0, 0.1) is 10.1 Å². The van der Waals surface area contributed by atoms with E-state index < -0.39 is 25.6 Å². The molecule has 0 heterocycles. The Morgan fingerprint density at radius 1 is 1.05 bits per heavy atom. The summed E-state index contributed by atoms with van der Waals surface area (Å²) in [5.41, 5.74) is 1.76. The Kier molecular flexibility index (Phi) is 3.58. The Labute approximate surface area is 127 Å². The van der Waals surface area contributed by atoms with E-state index in [0.717, 1.165) is 30.9 Å². The van der Waals surface area contributed by atoms with Gasteiger partial charge in [-0.3, -0.25) is 10.1 Å². The van der Waals surface area contributed by atoms with E-state index in [1.54, 1.807) is 12.1 Å². The number of para-hydroxylation sites is 1. The van der Waals surface area contributed by atoms with Crippen molar-refractivity contribution in [2.75, 3.05) is 0 Å². The monoisotopic (exact) mass is 319 g/mol. The van der Waals surface area contributed by atoms with E-state index in [1.807, 2.05) is 6.07 Å². The fourth-order valence-corrected chi connectivity index (χ4v) is 3.68. The second-order valence-electron chi connectivity index (χ2n) is 5.05. The van der Waals surface area contributed by atoms with Crippen LogP contribution in [0.15, 0.2) is 47.4 Å². The topological polar surface area (TPSA) is 86.5 Å². The molecule has 0 spiro atoms. The van der Waals surface area contributed by atoms with Crippen LogP contribution in [0.3, 0.4) is 0 Å². The highest BCUT2D eigenvalue weighted by atomic mass is 32.2. The van der Waals surface area contributed by atoms with Crippen LogP contribution < -0.4 is 4.18 Å². The van der Waals surface area contributed by atoms with E-state index in [1.165, 1.54) is 23.8 Å². The summed E-state index contributed by atoms with van der Waals surface area (Å²) in [6, 6.07) is 10.2. The van der Waals surface area contributed by atoms with Gasteiger partial charge in [0.05, 0.1) is 4.92 Å². The second-order valence-corrected chi connectivity index (χ2v) is 6.56. The Morgan fingerprint density at radius 3 is 2.55 bits per heavy atom. The van der Waals surface area contributed by atoms with Crippen molar-refractivity contribution in [2.24, 2.45) is 0 Å². The molecule has 0 aliphatic heterocycles. The summed E-state index contributed by atoms with van der Waals surface area (Å²) < 4.78 is 29.7. The number of nitro groups is 1. The smallest absolute Gasteiger partial charge is 0.346 e. The lowest BCUT2D eigenvalue weighted by molar-refractivity contribution is -0.387. The summed E-state index contributed by atoms with van der Waals surface area (Å²) in [5.74, 6) is 0.179. The second kappa shape index (κ2) is 5.42. The molecule has 0 amide bonds. The Bertz CT molecular complexity index is 845. The van der Waals surface area contributed by atoms with Gasteiger partial charge in [0, 0.05) is 6.07 Å². The first kappa shape index (κ1) is 14.5. The molecule has 0 saturated carbocycles. The lowest BCUT2D eigenvalue weighted by atomic mass is 10.1. The molecule has 0 N–H and O–H groups in total. The minimum absolute atomic E-state index is 0.179. The minimum Gasteiger partial charge on any atom is -0.379 e. The molecule has 0 aromatic heterocycles. The molecule has 0 bridgehead atoms. The molecule has 0 unspecified atom stereocenters. The number of fused-ring (bicyclic) bond motifs is 1. The maximum Gasteiger partial charge on any atom is 0.346 e. The van der Waals surface area contributed by atoms with Crippen LogP contribution in [0.4, 0.5) is 5.69 Å². The van der Waals surface area contributed by atoms with Gasteiger partial charge >= 0.3 is 10.1 Å². The fraction of sp³-hybridized carbons (Fsp3) is 0.200. The van der Waals surface area contributed by atoms with Crippen LogP contribution >= 0.6 is 0 Å². The molecule has 114 valence electrons. The molecule has 0 saturated heterocycles. The van der Waals surface area contributed by atoms with Crippen LogP contribution in [-0.2, 0) is 23.0 Å². The molecular weight excluding hydrogens is 306 g/mol. The quantitative estimate of drug-likeness (QED) is 0.491.